The van der Waals surface area contributed by atoms with E-state index in [0.717, 1.165) is 48.9 Å². The highest BCUT2D eigenvalue weighted by Gasteiger charge is 2.42. The lowest BCUT2D eigenvalue weighted by Crippen LogP contribution is -2.40. The first-order chi connectivity index (χ1) is 10.5. The van der Waals surface area contributed by atoms with Crippen LogP contribution in [0.3, 0.4) is 0 Å². The molecule has 2 aliphatic heterocycles. The average molecular weight is 340 g/mol. The highest BCUT2D eigenvalue weighted by Crippen LogP contribution is 2.49. The standard InChI is InChI=1S/C15H18ClN3O2S/c1-15(2)8-21-12(15)10-7-9-11(22-10)13(18-14(16)17-9)19-3-5-20-6-4-19/h7,12H,3-6,8H2,1-2H3. The van der Waals surface area contributed by atoms with Crippen molar-refractivity contribution in [3.8, 4) is 0 Å². The Morgan fingerprint density at radius 3 is 2.73 bits per heavy atom. The first kappa shape index (κ1) is 14.6. The van der Waals surface area contributed by atoms with Crippen molar-refractivity contribution >= 4 is 39.0 Å². The van der Waals surface area contributed by atoms with Crippen molar-refractivity contribution in [2.75, 3.05) is 37.8 Å². The zero-order valence-corrected chi connectivity index (χ0v) is 14.2. The van der Waals surface area contributed by atoms with Crippen LogP contribution in [-0.4, -0.2) is 42.9 Å². The Morgan fingerprint density at radius 2 is 2.09 bits per heavy atom. The minimum Gasteiger partial charge on any atom is -0.378 e. The van der Waals surface area contributed by atoms with Crippen LogP contribution in [0.5, 0.6) is 0 Å². The van der Waals surface area contributed by atoms with Crippen molar-refractivity contribution < 1.29 is 9.47 Å². The van der Waals surface area contributed by atoms with Crippen molar-refractivity contribution in [3.63, 3.8) is 0 Å². The van der Waals surface area contributed by atoms with Crippen LogP contribution in [0, 0.1) is 5.41 Å². The first-order valence-corrected chi connectivity index (χ1v) is 8.65. The molecule has 0 aliphatic carbocycles. The highest BCUT2D eigenvalue weighted by molar-refractivity contribution is 7.19. The summed E-state index contributed by atoms with van der Waals surface area (Å²) in [5.74, 6) is 0.923. The van der Waals surface area contributed by atoms with Crippen LogP contribution in [0.25, 0.3) is 10.2 Å². The molecule has 0 bridgehead atoms. The van der Waals surface area contributed by atoms with Crippen LogP contribution < -0.4 is 4.90 Å². The van der Waals surface area contributed by atoms with E-state index in [9.17, 15) is 0 Å². The molecule has 2 saturated heterocycles. The van der Waals surface area contributed by atoms with E-state index in [-0.39, 0.29) is 11.5 Å². The summed E-state index contributed by atoms with van der Waals surface area (Å²) in [6, 6.07) is 2.10. The Bertz CT molecular complexity index is 712. The molecule has 22 heavy (non-hydrogen) atoms. The van der Waals surface area contributed by atoms with Crippen molar-refractivity contribution in [3.05, 3.63) is 16.2 Å². The number of ether oxygens (including phenoxy) is 2. The topological polar surface area (TPSA) is 47.5 Å². The van der Waals surface area contributed by atoms with Gasteiger partial charge < -0.3 is 14.4 Å². The summed E-state index contributed by atoms with van der Waals surface area (Å²) < 4.78 is 12.3. The molecular weight excluding hydrogens is 322 g/mol. The largest absolute Gasteiger partial charge is 0.378 e. The lowest BCUT2D eigenvalue weighted by molar-refractivity contribution is -0.170. The minimum absolute atomic E-state index is 0.142. The lowest BCUT2D eigenvalue weighted by atomic mass is 9.82. The van der Waals surface area contributed by atoms with Crippen molar-refractivity contribution in [2.45, 2.75) is 20.0 Å². The quantitative estimate of drug-likeness (QED) is 0.786. The van der Waals surface area contributed by atoms with E-state index in [4.69, 9.17) is 21.1 Å². The van der Waals surface area contributed by atoms with Gasteiger partial charge in [-0.05, 0) is 17.7 Å². The third-order valence-electron chi connectivity index (χ3n) is 4.25. The monoisotopic (exact) mass is 339 g/mol. The maximum Gasteiger partial charge on any atom is 0.224 e. The summed E-state index contributed by atoms with van der Waals surface area (Å²) in [4.78, 5) is 12.3. The minimum atomic E-state index is 0.142. The van der Waals surface area contributed by atoms with Gasteiger partial charge in [0.1, 0.15) is 0 Å². The van der Waals surface area contributed by atoms with Gasteiger partial charge in [0.25, 0.3) is 0 Å². The number of morpholine rings is 1. The normalized spacial score (nSPS) is 24.5. The number of hydrogen-bond acceptors (Lipinski definition) is 6. The second-order valence-electron chi connectivity index (χ2n) is 6.46. The van der Waals surface area contributed by atoms with Crippen LogP contribution in [0.1, 0.15) is 24.8 Å². The predicted octanol–water partition coefficient (Wildman–Crippen LogP) is 3.28. The molecule has 2 aromatic rings. The number of aromatic nitrogens is 2. The van der Waals surface area contributed by atoms with Crippen LogP contribution >= 0.6 is 22.9 Å². The molecule has 2 aliphatic rings. The summed E-state index contributed by atoms with van der Waals surface area (Å²) in [5, 5.41) is 0.298. The average Bonchev–Trinajstić information content (AvgIpc) is 2.89. The highest BCUT2D eigenvalue weighted by atomic mass is 35.5. The number of rotatable bonds is 2. The van der Waals surface area contributed by atoms with Gasteiger partial charge in [-0.2, -0.15) is 4.98 Å². The molecule has 118 valence electrons. The Hall–Kier alpha value is -0.950. The molecule has 5 nitrogen and oxygen atoms in total. The molecule has 4 heterocycles. The van der Waals surface area contributed by atoms with E-state index in [1.165, 1.54) is 4.88 Å². The second-order valence-corrected chi connectivity index (χ2v) is 7.88. The number of nitrogens with zero attached hydrogens (tertiary/aromatic N) is 3. The molecule has 0 saturated carbocycles. The van der Waals surface area contributed by atoms with Gasteiger partial charge in [-0.15, -0.1) is 11.3 Å². The van der Waals surface area contributed by atoms with Crippen LogP contribution in [0.2, 0.25) is 5.28 Å². The van der Waals surface area contributed by atoms with Crippen LogP contribution in [-0.2, 0) is 9.47 Å². The van der Waals surface area contributed by atoms with E-state index in [2.05, 4.69) is 34.8 Å². The summed E-state index contributed by atoms with van der Waals surface area (Å²) in [6.45, 7) is 8.37. The Balaban J connectivity index is 1.78. The molecule has 1 unspecified atom stereocenters. The summed E-state index contributed by atoms with van der Waals surface area (Å²) in [6.07, 6.45) is 0.142. The first-order valence-electron chi connectivity index (χ1n) is 7.46. The Morgan fingerprint density at radius 1 is 1.32 bits per heavy atom. The van der Waals surface area contributed by atoms with Gasteiger partial charge in [-0.1, -0.05) is 13.8 Å². The molecule has 0 radical (unpaired) electrons. The molecular formula is C15H18ClN3O2S. The van der Waals surface area contributed by atoms with Crippen LogP contribution in [0.4, 0.5) is 5.82 Å². The number of halogens is 1. The van der Waals surface area contributed by atoms with Crippen LogP contribution in [0.15, 0.2) is 6.07 Å². The molecule has 1 atom stereocenters. The van der Waals surface area contributed by atoms with E-state index in [1.807, 2.05) is 0 Å². The van der Waals surface area contributed by atoms with Gasteiger partial charge in [0.05, 0.1) is 36.1 Å². The smallest absolute Gasteiger partial charge is 0.224 e. The Kier molecular flexibility index (Phi) is 3.52. The van der Waals surface area contributed by atoms with E-state index in [1.54, 1.807) is 11.3 Å². The number of fused-ring (bicyclic) bond motifs is 1. The molecule has 0 N–H and O–H groups in total. The second kappa shape index (κ2) is 5.30. The molecule has 0 amide bonds. The number of thiophene rings is 1. The third-order valence-corrected chi connectivity index (χ3v) is 5.58. The van der Waals surface area contributed by atoms with E-state index in [0.29, 0.717) is 5.28 Å². The van der Waals surface area contributed by atoms with Gasteiger partial charge in [-0.25, -0.2) is 4.98 Å². The fraction of sp³-hybridized carbons (Fsp3) is 0.600. The fourth-order valence-corrected chi connectivity index (χ4v) is 4.54. The third kappa shape index (κ3) is 2.38. The number of hydrogen-bond donors (Lipinski definition) is 0. The zero-order chi connectivity index (χ0) is 15.3. The van der Waals surface area contributed by atoms with Gasteiger partial charge >= 0.3 is 0 Å². The number of anilines is 1. The maximum atomic E-state index is 6.13. The zero-order valence-electron chi connectivity index (χ0n) is 12.6. The predicted molar refractivity (Wildman–Crippen MR) is 87.9 cm³/mol. The van der Waals surface area contributed by atoms with Gasteiger partial charge in [0, 0.05) is 23.4 Å². The molecule has 0 aromatic carbocycles. The fourth-order valence-electron chi connectivity index (χ4n) is 2.99. The van der Waals surface area contributed by atoms with Crippen molar-refractivity contribution in [1.29, 1.82) is 0 Å². The van der Waals surface area contributed by atoms with Crippen molar-refractivity contribution in [1.82, 2.24) is 9.97 Å². The SMILES string of the molecule is CC1(C)COC1c1cc2nc(Cl)nc(N3CCOCC3)c2s1. The summed E-state index contributed by atoms with van der Waals surface area (Å²) in [7, 11) is 0. The van der Waals surface area contributed by atoms with E-state index >= 15 is 0 Å². The van der Waals surface area contributed by atoms with Gasteiger partial charge in [0.2, 0.25) is 5.28 Å². The van der Waals surface area contributed by atoms with Gasteiger partial charge in [-0.3, -0.25) is 0 Å². The molecule has 7 heteroatoms. The summed E-state index contributed by atoms with van der Waals surface area (Å²) >= 11 is 7.85. The lowest BCUT2D eigenvalue weighted by Gasteiger charge is -2.43. The molecule has 0 spiro atoms. The van der Waals surface area contributed by atoms with Gasteiger partial charge in [0.15, 0.2) is 5.82 Å². The molecule has 2 aromatic heterocycles. The van der Waals surface area contributed by atoms with E-state index < -0.39 is 0 Å². The molecule has 2 fully saturated rings. The molecule has 4 rings (SSSR count). The summed E-state index contributed by atoms with van der Waals surface area (Å²) in [5.41, 5.74) is 1.09. The Labute approximate surface area is 138 Å². The van der Waals surface area contributed by atoms with Crippen molar-refractivity contribution in [2.24, 2.45) is 5.41 Å². The maximum absolute atomic E-state index is 6.13.